The maximum absolute atomic E-state index is 11.9. The Kier molecular flexibility index (Phi) is 4.35. The second-order valence-electron chi connectivity index (χ2n) is 4.52. The number of carbonyl (C=O) groups excluding carboxylic acids is 1. The molecule has 4 heteroatoms. The highest BCUT2D eigenvalue weighted by Crippen LogP contribution is 2.24. The van der Waals surface area contributed by atoms with Crippen molar-refractivity contribution in [3.63, 3.8) is 0 Å². The highest BCUT2D eigenvalue weighted by molar-refractivity contribution is 7.80. The number of carbonyl (C=O) groups is 1. The fourth-order valence-electron chi connectivity index (χ4n) is 2.23. The predicted octanol–water partition coefficient (Wildman–Crippen LogP) is 3.55. The van der Waals surface area contributed by atoms with E-state index in [0.717, 1.165) is 11.4 Å². The number of rotatable bonds is 3. The van der Waals surface area contributed by atoms with Crippen LogP contribution in [0.4, 0.5) is 0 Å². The maximum atomic E-state index is 11.9. The van der Waals surface area contributed by atoms with Gasteiger partial charge in [-0.15, -0.1) is 12.6 Å². The summed E-state index contributed by atoms with van der Waals surface area (Å²) >= 11 is 10.2. The van der Waals surface area contributed by atoms with Gasteiger partial charge in [0.05, 0.1) is 10.6 Å². The zero-order chi connectivity index (χ0) is 12.3. The molecule has 1 aliphatic rings. The molecule has 1 saturated carbocycles. The number of halogens is 1. The van der Waals surface area contributed by atoms with E-state index < -0.39 is 0 Å². The minimum Gasteiger partial charge on any atom is -0.352 e. The van der Waals surface area contributed by atoms with Gasteiger partial charge in [-0.3, -0.25) is 4.79 Å². The van der Waals surface area contributed by atoms with Crippen LogP contribution in [0.15, 0.2) is 23.1 Å². The molecular formula is C13H16ClNOS. The number of benzene rings is 1. The summed E-state index contributed by atoms with van der Waals surface area (Å²) in [7, 11) is 0. The first kappa shape index (κ1) is 12.8. The third-order valence-corrected chi connectivity index (χ3v) is 3.83. The zero-order valence-corrected chi connectivity index (χ0v) is 11.2. The Hall–Kier alpha value is -0.670. The van der Waals surface area contributed by atoms with Crippen LogP contribution in [0.1, 0.15) is 36.0 Å². The van der Waals surface area contributed by atoms with Crippen molar-refractivity contribution in [2.45, 2.75) is 30.6 Å². The summed E-state index contributed by atoms with van der Waals surface area (Å²) in [5.41, 5.74) is 0.511. The van der Waals surface area contributed by atoms with Crippen molar-refractivity contribution in [1.82, 2.24) is 5.32 Å². The van der Waals surface area contributed by atoms with E-state index in [9.17, 15) is 4.79 Å². The molecule has 0 saturated heterocycles. The van der Waals surface area contributed by atoms with Crippen LogP contribution in [0.5, 0.6) is 0 Å². The molecule has 0 heterocycles. The molecule has 17 heavy (non-hydrogen) atoms. The molecule has 1 aromatic carbocycles. The average molecular weight is 270 g/mol. The third kappa shape index (κ3) is 3.39. The Labute approximate surface area is 112 Å². The topological polar surface area (TPSA) is 29.1 Å². The molecule has 0 aliphatic heterocycles. The second kappa shape index (κ2) is 5.78. The van der Waals surface area contributed by atoms with E-state index in [1.165, 1.54) is 25.7 Å². The van der Waals surface area contributed by atoms with Crippen LogP contribution in [0.2, 0.25) is 5.02 Å². The van der Waals surface area contributed by atoms with Crippen LogP contribution in [0.3, 0.4) is 0 Å². The SMILES string of the molecule is O=C(NCC1CCCC1)c1cc(S)ccc1Cl. The fourth-order valence-corrected chi connectivity index (χ4v) is 2.64. The number of nitrogens with one attached hydrogen (secondary N) is 1. The normalized spacial score (nSPS) is 16.1. The molecule has 2 rings (SSSR count). The van der Waals surface area contributed by atoms with Crippen molar-refractivity contribution in [3.8, 4) is 0 Å². The minimum atomic E-state index is -0.0993. The Morgan fingerprint density at radius 1 is 1.41 bits per heavy atom. The molecule has 1 aromatic rings. The van der Waals surface area contributed by atoms with Crippen molar-refractivity contribution in [2.75, 3.05) is 6.54 Å². The molecule has 0 bridgehead atoms. The largest absolute Gasteiger partial charge is 0.352 e. The molecule has 0 radical (unpaired) electrons. The van der Waals surface area contributed by atoms with Gasteiger partial charge in [0.15, 0.2) is 0 Å². The molecule has 0 aromatic heterocycles. The highest BCUT2D eigenvalue weighted by atomic mass is 35.5. The van der Waals surface area contributed by atoms with Gasteiger partial charge in [-0.1, -0.05) is 24.4 Å². The van der Waals surface area contributed by atoms with Gasteiger partial charge < -0.3 is 5.32 Å². The Morgan fingerprint density at radius 2 is 2.12 bits per heavy atom. The van der Waals surface area contributed by atoms with Gasteiger partial charge in [0.25, 0.3) is 5.91 Å². The summed E-state index contributed by atoms with van der Waals surface area (Å²) in [4.78, 5) is 12.7. The van der Waals surface area contributed by atoms with Crippen molar-refractivity contribution < 1.29 is 4.79 Å². The van der Waals surface area contributed by atoms with E-state index in [0.29, 0.717) is 16.5 Å². The third-order valence-electron chi connectivity index (χ3n) is 3.22. The van der Waals surface area contributed by atoms with Crippen LogP contribution in [-0.4, -0.2) is 12.5 Å². The fraction of sp³-hybridized carbons (Fsp3) is 0.462. The first-order valence-electron chi connectivity index (χ1n) is 5.93. The van der Waals surface area contributed by atoms with Crippen LogP contribution >= 0.6 is 24.2 Å². The van der Waals surface area contributed by atoms with E-state index in [-0.39, 0.29) is 5.91 Å². The smallest absolute Gasteiger partial charge is 0.252 e. The molecule has 0 unspecified atom stereocenters. The Balaban J connectivity index is 1.96. The van der Waals surface area contributed by atoms with Crippen LogP contribution < -0.4 is 5.32 Å². The van der Waals surface area contributed by atoms with Crippen molar-refractivity contribution in [3.05, 3.63) is 28.8 Å². The van der Waals surface area contributed by atoms with E-state index in [1.807, 2.05) is 0 Å². The van der Waals surface area contributed by atoms with Gasteiger partial charge in [0.2, 0.25) is 0 Å². The molecule has 1 N–H and O–H groups in total. The summed E-state index contributed by atoms with van der Waals surface area (Å²) in [6, 6.07) is 5.18. The lowest BCUT2D eigenvalue weighted by molar-refractivity contribution is 0.0947. The lowest BCUT2D eigenvalue weighted by Crippen LogP contribution is -2.28. The predicted molar refractivity (Wildman–Crippen MR) is 73.0 cm³/mol. The summed E-state index contributed by atoms with van der Waals surface area (Å²) in [6.07, 6.45) is 5.02. The van der Waals surface area contributed by atoms with Crippen LogP contribution in [-0.2, 0) is 0 Å². The summed E-state index contributed by atoms with van der Waals surface area (Å²) in [5.74, 6) is 0.537. The summed E-state index contributed by atoms with van der Waals surface area (Å²) in [6.45, 7) is 0.756. The van der Waals surface area contributed by atoms with Gasteiger partial charge in [-0.05, 0) is 37.0 Å². The monoisotopic (exact) mass is 269 g/mol. The second-order valence-corrected chi connectivity index (χ2v) is 5.45. The average Bonchev–Trinajstić information content (AvgIpc) is 2.82. The Bertz CT molecular complexity index is 416. The van der Waals surface area contributed by atoms with E-state index >= 15 is 0 Å². The quantitative estimate of drug-likeness (QED) is 0.808. The summed E-state index contributed by atoms with van der Waals surface area (Å²) < 4.78 is 0. The zero-order valence-electron chi connectivity index (χ0n) is 9.58. The molecule has 1 fully saturated rings. The Morgan fingerprint density at radius 3 is 2.82 bits per heavy atom. The lowest BCUT2D eigenvalue weighted by Gasteiger charge is -2.11. The number of hydrogen-bond acceptors (Lipinski definition) is 2. The lowest BCUT2D eigenvalue weighted by atomic mass is 10.1. The van der Waals surface area contributed by atoms with Gasteiger partial charge in [-0.2, -0.15) is 0 Å². The number of thiol groups is 1. The van der Waals surface area contributed by atoms with Crippen LogP contribution in [0.25, 0.3) is 0 Å². The molecule has 92 valence electrons. The van der Waals surface area contributed by atoms with E-state index in [2.05, 4.69) is 17.9 Å². The van der Waals surface area contributed by atoms with E-state index in [4.69, 9.17) is 11.6 Å². The van der Waals surface area contributed by atoms with Crippen LogP contribution in [0, 0.1) is 5.92 Å². The molecule has 0 atom stereocenters. The molecule has 1 amide bonds. The first-order valence-corrected chi connectivity index (χ1v) is 6.76. The molecule has 0 spiro atoms. The van der Waals surface area contributed by atoms with Crippen molar-refractivity contribution in [1.29, 1.82) is 0 Å². The minimum absolute atomic E-state index is 0.0993. The summed E-state index contributed by atoms with van der Waals surface area (Å²) in [5, 5.41) is 3.43. The van der Waals surface area contributed by atoms with Crippen molar-refractivity contribution >= 4 is 30.1 Å². The van der Waals surface area contributed by atoms with Gasteiger partial charge in [0, 0.05) is 11.4 Å². The molecule has 2 nitrogen and oxygen atoms in total. The standard InChI is InChI=1S/C13H16ClNOS/c14-12-6-5-10(17)7-11(12)13(16)15-8-9-3-1-2-4-9/h5-7,9,17H,1-4,8H2,(H,15,16). The number of hydrogen-bond donors (Lipinski definition) is 2. The van der Waals surface area contributed by atoms with Gasteiger partial charge >= 0.3 is 0 Å². The van der Waals surface area contributed by atoms with Gasteiger partial charge in [0.1, 0.15) is 0 Å². The first-order chi connectivity index (χ1) is 8.16. The molecule has 1 aliphatic carbocycles. The van der Waals surface area contributed by atoms with Crippen molar-refractivity contribution in [2.24, 2.45) is 5.92 Å². The highest BCUT2D eigenvalue weighted by Gasteiger charge is 2.17. The van der Waals surface area contributed by atoms with Gasteiger partial charge in [-0.25, -0.2) is 0 Å². The maximum Gasteiger partial charge on any atom is 0.252 e. The number of amides is 1. The molecular weight excluding hydrogens is 254 g/mol. The van der Waals surface area contributed by atoms with E-state index in [1.54, 1.807) is 18.2 Å².